The molecule has 1 aromatic rings. The molecule has 0 saturated heterocycles. The molecule has 1 atom stereocenters. The first-order chi connectivity index (χ1) is 13.7. The number of cyclic esters (lactones) is 1. The van der Waals surface area contributed by atoms with E-state index in [0.29, 0.717) is 0 Å². The maximum atomic E-state index is 12.6. The van der Waals surface area contributed by atoms with Crippen LogP contribution >= 0.6 is 0 Å². The largest absolute Gasteiger partial charge is 0.465 e. The SMILES string of the molecule is CCOC(=O)/C(C(C)=O)=C1\OC(=O)c2cc3c(cc21)C(=O)[C@@H](C(=O)OCC)C3=O. The molecule has 0 spiro atoms. The van der Waals surface area contributed by atoms with Crippen LogP contribution in [0.15, 0.2) is 17.7 Å². The number of Topliss-reactive ketones (excluding diaryl/α,β-unsaturated/α-hetero) is 3. The summed E-state index contributed by atoms with van der Waals surface area (Å²) in [6.45, 7) is 4.16. The first-order valence-corrected chi connectivity index (χ1v) is 8.80. The third kappa shape index (κ3) is 3.14. The lowest BCUT2D eigenvalue weighted by Crippen LogP contribution is -2.27. The van der Waals surface area contributed by atoms with Crippen LogP contribution in [-0.2, 0) is 28.6 Å². The van der Waals surface area contributed by atoms with Gasteiger partial charge in [-0.1, -0.05) is 0 Å². The Morgan fingerprint density at radius 1 is 0.897 bits per heavy atom. The summed E-state index contributed by atoms with van der Waals surface area (Å²) in [5.74, 6) is -7.13. The van der Waals surface area contributed by atoms with E-state index in [4.69, 9.17) is 14.2 Å². The molecule has 0 unspecified atom stereocenters. The van der Waals surface area contributed by atoms with Crippen LogP contribution in [0.4, 0.5) is 0 Å². The molecule has 0 amide bonds. The van der Waals surface area contributed by atoms with Crippen molar-refractivity contribution in [1.82, 2.24) is 0 Å². The van der Waals surface area contributed by atoms with Gasteiger partial charge in [0, 0.05) is 16.7 Å². The number of ether oxygens (including phenoxy) is 3. The Bertz CT molecular complexity index is 1030. The summed E-state index contributed by atoms with van der Waals surface area (Å²) in [4.78, 5) is 73.6. The molecular formula is C20H16O9. The number of ketones is 3. The second-order valence-corrected chi connectivity index (χ2v) is 6.23. The normalized spacial score (nSPS) is 18.7. The fraction of sp³-hybridized carbons (Fsp3) is 0.300. The Morgan fingerprint density at radius 3 is 1.97 bits per heavy atom. The maximum Gasteiger partial charge on any atom is 0.345 e. The zero-order valence-electron chi connectivity index (χ0n) is 15.8. The molecule has 1 aromatic carbocycles. The number of fused-ring (bicyclic) bond motifs is 2. The van der Waals surface area contributed by atoms with Crippen LogP contribution in [0.5, 0.6) is 0 Å². The van der Waals surface area contributed by atoms with E-state index in [-0.39, 0.29) is 41.2 Å². The Labute approximate surface area is 164 Å². The first kappa shape index (κ1) is 20.1. The van der Waals surface area contributed by atoms with Crippen molar-refractivity contribution in [2.24, 2.45) is 5.92 Å². The number of esters is 3. The monoisotopic (exact) mass is 400 g/mol. The molecule has 1 aliphatic carbocycles. The van der Waals surface area contributed by atoms with Crippen molar-refractivity contribution in [2.75, 3.05) is 13.2 Å². The zero-order chi connectivity index (χ0) is 21.5. The molecule has 0 aromatic heterocycles. The quantitative estimate of drug-likeness (QED) is 0.236. The summed E-state index contributed by atoms with van der Waals surface area (Å²) >= 11 is 0. The maximum absolute atomic E-state index is 12.6. The molecule has 0 radical (unpaired) electrons. The standard InChI is InChI=1S/C20H16O9/c1-4-27-19(25)13(8(3)21)17-11-6-9-10(7-12(11)18(24)29-17)16(23)14(15(9)22)20(26)28-5-2/h6-7,14H,4-5H2,1-3H3/b17-13-/t14-/m1/s1. The van der Waals surface area contributed by atoms with Gasteiger partial charge in [0.2, 0.25) is 0 Å². The second kappa shape index (κ2) is 7.42. The predicted molar refractivity (Wildman–Crippen MR) is 94.9 cm³/mol. The van der Waals surface area contributed by atoms with E-state index in [1.165, 1.54) is 13.0 Å². The van der Waals surface area contributed by atoms with E-state index in [2.05, 4.69) is 0 Å². The summed E-state index contributed by atoms with van der Waals surface area (Å²) in [5.41, 5.74) is -0.831. The van der Waals surface area contributed by atoms with E-state index in [1.807, 2.05) is 0 Å². The number of hydrogen-bond acceptors (Lipinski definition) is 9. The molecule has 0 bridgehead atoms. The molecule has 0 fully saturated rings. The van der Waals surface area contributed by atoms with Gasteiger partial charge < -0.3 is 14.2 Å². The van der Waals surface area contributed by atoms with Gasteiger partial charge in [-0.2, -0.15) is 0 Å². The molecule has 29 heavy (non-hydrogen) atoms. The van der Waals surface area contributed by atoms with Crippen molar-refractivity contribution >= 4 is 41.0 Å². The third-order valence-corrected chi connectivity index (χ3v) is 4.45. The molecular weight excluding hydrogens is 384 g/mol. The van der Waals surface area contributed by atoms with Crippen molar-refractivity contribution in [3.05, 3.63) is 40.0 Å². The van der Waals surface area contributed by atoms with Gasteiger partial charge in [-0.25, -0.2) is 9.59 Å². The Kier molecular flexibility index (Phi) is 5.15. The van der Waals surface area contributed by atoms with Crippen LogP contribution in [0.2, 0.25) is 0 Å². The third-order valence-electron chi connectivity index (χ3n) is 4.45. The zero-order valence-corrected chi connectivity index (χ0v) is 15.8. The fourth-order valence-corrected chi connectivity index (χ4v) is 3.22. The lowest BCUT2D eigenvalue weighted by Gasteiger charge is -2.08. The smallest absolute Gasteiger partial charge is 0.345 e. The average Bonchev–Trinajstić information content (AvgIpc) is 3.09. The topological polar surface area (TPSA) is 130 Å². The molecule has 0 N–H and O–H groups in total. The van der Waals surface area contributed by atoms with Gasteiger partial charge in [-0.05, 0) is 32.9 Å². The van der Waals surface area contributed by atoms with Crippen molar-refractivity contribution in [3.63, 3.8) is 0 Å². The highest BCUT2D eigenvalue weighted by Crippen LogP contribution is 2.38. The van der Waals surface area contributed by atoms with Gasteiger partial charge in [0.1, 0.15) is 5.57 Å². The van der Waals surface area contributed by atoms with Crippen molar-refractivity contribution in [1.29, 1.82) is 0 Å². The molecule has 9 nitrogen and oxygen atoms in total. The number of carbonyl (C=O) groups is 6. The molecule has 9 heteroatoms. The van der Waals surface area contributed by atoms with Gasteiger partial charge >= 0.3 is 17.9 Å². The van der Waals surface area contributed by atoms with E-state index in [0.717, 1.165) is 13.0 Å². The predicted octanol–water partition coefficient (Wildman–Crippen LogP) is 1.28. The molecule has 150 valence electrons. The van der Waals surface area contributed by atoms with Crippen LogP contribution in [0, 0.1) is 5.92 Å². The molecule has 1 heterocycles. The van der Waals surface area contributed by atoms with Crippen LogP contribution in [0.25, 0.3) is 5.76 Å². The minimum absolute atomic E-state index is 0.00216. The van der Waals surface area contributed by atoms with Crippen molar-refractivity contribution in [2.45, 2.75) is 20.8 Å². The molecule has 3 rings (SSSR count). The van der Waals surface area contributed by atoms with Crippen molar-refractivity contribution < 1.29 is 43.0 Å². The highest BCUT2D eigenvalue weighted by molar-refractivity contribution is 6.35. The van der Waals surface area contributed by atoms with E-state index < -0.39 is 46.7 Å². The van der Waals surface area contributed by atoms with Gasteiger partial charge in [-0.15, -0.1) is 0 Å². The molecule has 0 saturated carbocycles. The highest BCUT2D eigenvalue weighted by Gasteiger charge is 2.47. The van der Waals surface area contributed by atoms with Crippen LogP contribution < -0.4 is 0 Å². The Hall–Kier alpha value is -3.62. The first-order valence-electron chi connectivity index (χ1n) is 8.80. The minimum Gasteiger partial charge on any atom is -0.465 e. The fourth-order valence-electron chi connectivity index (χ4n) is 3.22. The Balaban J connectivity index is 2.17. The summed E-state index contributed by atoms with van der Waals surface area (Å²) in [7, 11) is 0. The van der Waals surface area contributed by atoms with E-state index >= 15 is 0 Å². The van der Waals surface area contributed by atoms with Crippen LogP contribution in [0.1, 0.15) is 57.4 Å². The van der Waals surface area contributed by atoms with E-state index in [9.17, 15) is 28.8 Å². The number of carbonyl (C=O) groups excluding carboxylic acids is 6. The van der Waals surface area contributed by atoms with Gasteiger partial charge in [-0.3, -0.25) is 19.2 Å². The van der Waals surface area contributed by atoms with Crippen LogP contribution in [0.3, 0.4) is 0 Å². The second-order valence-electron chi connectivity index (χ2n) is 6.23. The van der Waals surface area contributed by atoms with Gasteiger partial charge in [0.15, 0.2) is 29.0 Å². The van der Waals surface area contributed by atoms with Crippen molar-refractivity contribution in [3.8, 4) is 0 Å². The minimum atomic E-state index is -1.65. The Morgan fingerprint density at radius 2 is 1.45 bits per heavy atom. The summed E-state index contributed by atoms with van der Waals surface area (Å²) in [6, 6.07) is 2.30. The molecule has 2 aliphatic rings. The molecule has 1 aliphatic heterocycles. The van der Waals surface area contributed by atoms with E-state index in [1.54, 1.807) is 6.92 Å². The summed E-state index contributed by atoms with van der Waals surface area (Å²) in [5, 5.41) is 0. The number of benzene rings is 1. The average molecular weight is 400 g/mol. The lowest BCUT2D eigenvalue weighted by molar-refractivity contribution is -0.144. The van der Waals surface area contributed by atoms with Gasteiger partial charge in [0.25, 0.3) is 0 Å². The summed E-state index contributed by atoms with van der Waals surface area (Å²) < 4.78 is 14.7. The number of hydrogen-bond donors (Lipinski definition) is 0. The van der Waals surface area contributed by atoms with Gasteiger partial charge in [0.05, 0.1) is 18.8 Å². The van der Waals surface area contributed by atoms with Crippen LogP contribution in [-0.4, -0.2) is 48.5 Å². The highest BCUT2D eigenvalue weighted by atomic mass is 16.6. The lowest BCUT2D eigenvalue weighted by atomic mass is 9.97. The summed E-state index contributed by atoms with van der Waals surface area (Å²) in [6.07, 6.45) is 0. The number of rotatable bonds is 5.